The molecule has 0 amide bonds. The van der Waals surface area contributed by atoms with Crippen molar-refractivity contribution in [2.24, 2.45) is 17.3 Å². The van der Waals surface area contributed by atoms with E-state index in [2.05, 4.69) is 26.8 Å². The standard InChI is InChI=1S/C23H31ClO4/c1-13(10-11-23(5)14(2)7-9-19(26)16(23)4)6-8-17-21(27)18(12-25)15(3)20(24)22(17)28/h6,10-12,14,16,19,26-28H,7-9H2,1-5H3/b11-10+,13-6+/t14-,16+,19-,23+/m0/s1. The summed E-state index contributed by atoms with van der Waals surface area (Å²) >= 11 is 6.10. The Bertz CT molecular complexity index is 812. The molecule has 0 heterocycles. The summed E-state index contributed by atoms with van der Waals surface area (Å²) in [5.74, 6) is 0.209. The van der Waals surface area contributed by atoms with E-state index in [-0.39, 0.29) is 51.5 Å². The topological polar surface area (TPSA) is 77.8 Å². The van der Waals surface area contributed by atoms with Crippen LogP contribution in [0.4, 0.5) is 0 Å². The van der Waals surface area contributed by atoms with Crippen LogP contribution in [0, 0.1) is 24.2 Å². The molecule has 1 aromatic rings. The zero-order valence-electron chi connectivity index (χ0n) is 17.3. The van der Waals surface area contributed by atoms with E-state index in [0.717, 1.165) is 18.4 Å². The highest BCUT2D eigenvalue weighted by atomic mass is 35.5. The highest BCUT2D eigenvalue weighted by Gasteiger charge is 2.41. The van der Waals surface area contributed by atoms with Crippen LogP contribution in [0.5, 0.6) is 11.5 Å². The lowest BCUT2D eigenvalue weighted by Gasteiger charge is -2.45. The van der Waals surface area contributed by atoms with Crippen LogP contribution in [0.1, 0.15) is 62.0 Å². The van der Waals surface area contributed by atoms with Gasteiger partial charge in [-0.15, -0.1) is 0 Å². The van der Waals surface area contributed by atoms with Crippen LogP contribution in [0.25, 0.3) is 0 Å². The number of rotatable bonds is 5. The van der Waals surface area contributed by atoms with E-state index in [0.29, 0.717) is 17.8 Å². The molecule has 1 saturated carbocycles. The number of aliphatic hydroxyl groups excluding tert-OH is 1. The second-order valence-corrected chi connectivity index (χ2v) is 8.71. The average molecular weight is 407 g/mol. The van der Waals surface area contributed by atoms with Crippen LogP contribution < -0.4 is 0 Å². The van der Waals surface area contributed by atoms with Gasteiger partial charge in [0.25, 0.3) is 0 Å². The first-order valence-electron chi connectivity index (χ1n) is 9.76. The molecule has 0 aromatic heterocycles. The summed E-state index contributed by atoms with van der Waals surface area (Å²) in [6.07, 6.45) is 8.40. The van der Waals surface area contributed by atoms with Gasteiger partial charge in [-0.2, -0.15) is 0 Å². The molecule has 0 aliphatic heterocycles. The van der Waals surface area contributed by atoms with Crippen molar-refractivity contribution in [2.45, 2.75) is 60.0 Å². The number of allylic oxidation sites excluding steroid dienone is 4. The zero-order chi connectivity index (χ0) is 21.2. The summed E-state index contributed by atoms with van der Waals surface area (Å²) in [6, 6.07) is 0. The molecule has 154 valence electrons. The van der Waals surface area contributed by atoms with Gasteiger partial charge in [0, 0.05) is 5.56 Å². The number of carbonyl (C=O) groups is 1. The lowest BCUT2D eigenvalue weighted by atomic mass is 9.61. The maximum absolute atomic E-state index is 11.3. The maximum Gasteiger partial charge on any atom is 0.154 e. The summed E-state index contributed by atoms with van der Waals surface area (Å²) in [4.78, 5) is 11.3. The van der Waals surface area contributed by atoms with E-state index in [9.17, 15) is 20.1 Å². The smallest absolute Gasteiger partial charge is 0.154 e. The Morgan fingerprint density at radius 1 is 1.25 bits per heavy atom. The van der Waals surface area contributed by atoms with Gasteiger partial charge in [-0.3, -0.25) is 4.79 Å². The zero-order valence-corrected chi connectivity index (χ0v) is 18.0. The van der Waals surface area contributed by atoms with Crippen LogP contribution in [-0.4, -0.2) is 27.7 Å². The summed E-state index contributed by atoms with van der Waals surface area (Å²) in [6.45, 7) is 10.0. The van der Waals surface area contributed by atoms with Crippen molar-refractivity contribution in [3.8, 4) is 11.5 Å². The molecule has 0 spiro atoms. The highest BCUT2D eigenvalue weighted by Crippen LogP contribution is 2.46. The molecule has 0 unspecified atom stereocenters. The van der Waals surface area contributed by atoms with Crippen LogP contribution >= 0.6 is 11.6 Å². The molecule has 4 atom stereocenters. The molecule has 1 aliphatic rings. The van der Waals surface area contributed by atoms with Gasteiger partial charge >= 0.3 is 0 Å². The third-order valence-corrected chi connectivity index (χ3v) is 7.20. The molecule has 0 radical (unpaired) electrons. The predicted molar refractivity (Wildman–Crippen MR) is 113 cm³/mol. The van der Waals surface area contributed by atoms with Gasteiger partial charge < -0.3 is 15.3 Å². The number of carbonyl (C=O) groups excluding carboxylic acids is 1. The molecule has 28 heavy (non-hydrogen) atoms. The molecule has 3 N–H and O–H groups in total. The predicted octanol–water partition coefficient (Wildman–Crippen LogP) is 5.35. The average Bonchev–Trinajstić information content (AvgIpc) is 2.66. The van der Waals surface area contributed by atoms with Crippen molar-refractivity contribution in [2.75, 3.05) is 0 Å². The van der Waals surface area contributed by atoms with Gasteiger partial charge in [-0.05, 0) is 55.9 Å². The van der Waals surface area contributed by atoms with Crippen molar-refractivity contribution in [1.29, 1.82) is 0 Å². The van der Waals surface area contributed by atoms with Crippen LogP contribution in [0.15, 0.2) is 23.8 Å². The van der Waals surface area contributed by atoms with E-state index >= 15 is 0 Å². The van der Waals surface area contributed by atoms with E-state index in [4.69, 9.17) is 11.6 Å². The number of hydrogen-bond acceptors (Lipinski definition) is 4. The molecule has 5 heteroatoms. The van der Waals surface area contributed by atoms with E-state index in [1.165, 1.54) is 0 Å². The Hall–Kier alpha value is -1.78. The number of aldehydes is 1. The molecule has 4 nitrogen and oxygen atoms in total. The van der Waals surface area contributed by atoms with Crippen molar-refractivity contribution in [3.05, 3.63) is 45.5 Å². The van der Waals surface area contributed by atoms with Gasteiger partial charge in [-0.1, -0.05) is 56.2 Å². The Kier molecular flexibility index (Phi) is 7.00. The van der Waals surface area contributed by atoms with E-state index < -0.39 is 0 Å². The van der Waals surface area contributed by atoms with Crippen molar-refractivity contribution >= 4 is 17.9 Å². The highest BCUT2D eigenvalue weighted by molar-refractivity contribution is 6.33. The lowest BCUT2D eigenvalue weighted by Crippen LogP contribution is -2.42. The number of halogens is 1. The Morgan fingerprint density at radius 3 is 2.50 bits per heavy atom. The largest absolute Gasteiger partial charge is 0.507 e. The van der Waals surface area contributed by atoms with E-state index in [1.807, 2.05) is 19.1 Å². The minimum Gasteiger partial charge on any atom is -0.507 e. The number of aliphatic hydroxyl groups is 1. The summed E-state index contributed by atoms with van der Waals surface area (Å²) in [7, 11) is 0. The second kappa shape index (κ2) is 8.71. The number of phenols is 2. The summed E-state index contributed by atoms with van der Waals surface area (Å²) in [5, 5.41) is 31.0. The first kappa shape index (κ1) is 22.5. The maximum atomic E-state index is 11.3. The molecule has 1 fully saturated rings. The van der Waals surface area contributed by atoms with E-state index in [1.54, 1.807) is 6.92 Å². The van der Waals surface area contributed by atoms with Crippen molar-refractivity contribution < 1.29 is 20.1 Å². The SMILES string of the molecule is CC(/C=C/[C@@]1(C)[C@H](C)[C@@H](O)CC[C@@H]1C)=C\Cc1c(O)c(Cl)c(C)c(C=O)c1O. The van der Waals surface area contributed by atoms with Crippen LogP contribution in [-0.2, 0) is 6.42 Å². The molecular weight excluding hydrogens is 376 g/mol. The van der Waals surface area contributed by atoms with Crippen molar-refractivity contribution in [1.82, 2.24) is 0 Å². The minimum absolute atomic E-state index is 0.0860. The lowest BCUT2D eigenvalue weighted by molar-refractivity contribution is -0.0150. The molecule has 2 rings (SSSR count). The quantitative estimate of drug-likeness (QED) is 0.455. The van der Waals surface area contributed by atoms with Crippen LogP contribution in [0.3, 0.4) is 0 Å². The van der Waals surface area contributed by atoms with Crippen LogP contribution in [0.2, 0.25) is 5.02 Å². The monoisotopic (exact) mass is 406 g/mol. The summed E-state index contributed by atoms with van der Waals surface area (Å²) in [5.41, 5.74) is 1.57. The van der Waals surface area contributed by atoms with Gasteiger partial charge in [-0.25, -0.2) is 0 Å². The Morgan fingerprint density at radius 2 is 1.89 bits per heavy atom. The Labute approximate surface area is 172 Å². The first-order valence-corrected chi connectivity index (χ1v) is 10.1. The van der Waals surface area contributed by atoms with Gasteiger partial charge in [0.1, 0.15) is 11.5 Å². The minimum atomic E-state index is -0.291. The third-order valence-electron chi connectivity index (χ3n) is 6.73. The van der Waals surface area contributed by atoms with Gasteiger partial charge in [0.15, 0.2) is 6.29 Å². The fourth-order valence-corrected chi connectivity index (χ4v) is 4.24. The van der Waals surface area contributed by atoms with Gasteiger partial charge in [0.2, 0.25) is 0 Å². The number of aromatic hydroxyl groups is 2. The number of benzene rings is 1. The third kappa shape index (κ3) is 4.13. The number of hydrogen-bond donors (Lipinski definition) is 3. The fraction of sp³-hybridized carbons (Fsp3) is 0.522. The second-order valence-electron chi connectivity index (χ2n) is 8.33. The summed E-state index contributed by atoms with van der Waals surface area (Å²) < 4.78 is 0. The Balaban J connectivity index is 2.27. The number of phenolic OH excluding ortho intramolecular Hbond substituents is 2. The molecular formula is C23H31ClO4. The molecule has 0 bridgehead atoms. The molecule has 1 aromatic carbocycles. The fourth-order valence-electron chi connectivity index (χ4n) is 4.02. The molecule has 0 saturated heterocycles. The van der Waals surface area contributed by atoms with Gasteiger partial charge in [0.05, 0.1) is 16.7 Å². The molecule has 1 aliphatic carbocycles. The normalized spacial score (nSPS) is 28.7. The van der Waals surface area contributed by atoms with Crippen molar-refractivity contribution in [3.63, 3.8) is 0 Å². The first-order chi connectivity index (χ1) is 13.0.